The molecule has 0 atom stereocenters. The summed E-state index contributed by atoms with van der Waals surface area (Å²) in [5, 5.41) is 94.1. The van der Waals surface area contributed by atoms with Gasteiger partial charge in [-0.2, -0.15) is 0 Å². The molecule has 0 aliphatic heterocycles. The van der Waals surface area contributed by atoms with Crippen LogP contribution >= 0.6 is 0 Å². The van der Waals surface area contributed by atoms with Gasteiger partial charge in [-0.25, -0.2) is 0 Å². The molecule has 0 N–H and O–H groups in total. The molecule has 0 fully saturated rings. The van der Waals surface area contributed by atoms with E-state index in [1.807, 2.05) is 0 Å². The van der Waals surface area contributed by atoms with Crippen molar-refractivity contribution >= 4 is 302 Å². The van der Waals surface area contributed by atoms with E-state index in [1.165, 1.54) is 0 Å². The Kier molecular flexibility index (Phi) is 1.86. The molecular formula is C60HK. The molecule has 32 rings (SSSR count). The average Bonchev–Trinajstić information content (AvgIpc) is 4.09. The fourth-order valence-electron chi connectivity index (χ4n) is 22.8. The summed E-state index contributed by atoms with van der Waals surface area (Å²) in [6.45, 7) is 0. The van der Waals surface area contributed by atoms with Gasteiger partial charge in [-0.15, -0.1) is 10.8 Å². The van der Waals surface area contributed by atoms with Crippen LogP contribution < -0.4 is 51.4 Å². The molecule has 0 heterocycles. The molecule has 3 aliphatic carbocycles. The van der Waals surface area contributed by atoms with E-state index in [-0.39, 0.29) is 51.4 Å². The van der Waals surface area contributed by atoms with E-state index in [2.05, 4.69) is 0 Å². The van der Waals surface area contributed by atoms with Gasteiger partial charge in [0.1, 0.15) is 0 Å². The van der Waals surface area contributed by atoms with Crippen LogP contribution in [-0.2, 0) is 0 Å². The van der Waals surface area contributed by atoms with Gasteiger partial charge < -0.3 is 0 Å². The van der Waals surface area contributed by atoms with Crippen LogP contribution in [0.1, 0.15) is 22.6 Å². The normalized spacial score (nSPS) is 18.3. The van der Waals surface area contributed by atoms with Gasteiger partial charge in [0.15, 0.2) is 0 Å². The molecule has 0 saturated heterocycles. The molecule has 29 aromatic rings. The van der Waals surface area contributed by atoms with Crippen molar-refractivity contribution in [1.82, 2.24) is 0 Å². The van der Waals surface area contributed by atoms with Gasteiger partial charge in [-0.1, -0.05) is 27.1 Å². The Labute approximate surface area is 371 Å². The Morgan fingerprint density at radius 3 is 0.443 bits per heavy atom. The number of hydrogen-bond acceptors (Lipinski definition) is 0. The number of rotatable bonds is 0. The zero-order valence-corrected chi connectivity index (χ0v) is 34.2. The van der Waals surface area contributed by atoms with Crippen molar-refractivity contribution in [3.63, 3.8) is 0 Å². The van der Waals surface area contributed by atoms with Crippen molar-refractivity contribution in [3.8, 4) is 0 Å². The van der Waals surface area contributed by atoms with Crippen molar-refractivity contribution in [2.75, 3.05) is 0 Å². The first-order valence-electron chi connectivity index (χ1n) is 22.6. The fraction of sp³-hybridized carbons (Fsp3) is 0.0167. The van der Waals surface area contributed by atoms with Gasteiger partial charge in [0.2, 0.25) is 0 Å². The van der Waals surface area contributed by atoms with Crippen molar-refractivity contribution < 1.29 is 51.4 Å². The van der Waals surface area contributed by atoms with Crippen LogP contribution in [0.2, 0.25) is 0 Å². The maximum atomic E-state index is 1.75. The summed E-state index contributed by atoms with van der Waals surface area (Å²) in [5.41, 5.74) is 5.25. The van der Waals surface area contributed by atoms with Gasteiger partial charge in [0.05, 0.1) is 0 Å². The quantitative estimate of drug-likeness (QED) is 0.0820. The second-order valence-corrected chi connectivity index (χ2v) is 22.7. The third-order valence-corrected chi connectivity index (χ3v) is 22.7. The Balaban J connectivity index is 0.00000261. The predicted octanol–water partition coefficient (Wildman–Crippen LogP) is 14.2. The molecule has 0 unspecified atom stereocenters. The van der Waals surface area contributed by atoms with E-state index >= 15 is 0 Å². The zero-order valence-electron chi connectivity index (χ0n) is 31.1. The van der Waals surface area contributed by atoms with E-state index in [4.69, 9.17) is 0 Å². The zero-order chi connectivity index (χ0) is 34.6. The summed E-state index contributed by atoms with van der Waals surface area (Å²) in [5.74, 6) is 0.343. The summed E-state index contributed by atoms with van der Waals surface area (Å²) in [6, 6.07) is 0. The Bertz CT molecular complexity index is 6350. The Morgan fingerprint density at radius 1 is 0.148 bits per heavy atom. The van der Waals surface area contributed by atoms with Crippen LogP contribution in [0.3, 0.4) is 0 Å². The summed E-state index contributed by atoms with van der Waals surface area (Å²) in [4.78, 5) is 0. The molecule has 0 radical (unpaired) electrons. The minimum Gasteiger partial charge on any atom is -0.110 e. The van der Waals surface area contributed by atoms with Gasteiger partial charge >= 0.3 is 51.4 Å². The molecule has 242 valence electrons. The third-order valence-electron chi connectivity index (χ3n) is 22.7. The van der Waals surface area contributed by atoms with Crippen molar-refractivity contribution in [2.24, 2.45) is 0 Å². The average molecular weight is 761 g/mol. The Morgan fingerprint density at radius 2 is 0.262 bits per heavy atom. The van der Waals surface area contributed by atoms with Crippen molar-refractivity contribution in [2.45, 2.75) is 5.92 Å². The molecule has 0 saturated carbocycles. The molecule has 0 nitrogen and oxygen atoms in total. The largest absolute Gasteiger partial charge is 1.00 e. The van der Waals surface area contributed by atoms with Gasteiger partial charge in [0.25, 0.3) is 0 Å². The van der Waals surface area contributed by atoms with E-state index in [0.717, 1.165) is 0 Å². The Hall–Kier alpha value is -6.03. The minimum absolute atomic E-state index is 0. The molecule has 0 aromatic heterocycles. The first kappa shape index (κ1) is 22.7. The van der Waals surface area contributed by atoms with Crippen LogP contribution in [-0.4, -0.2) is 0 Å². The first-order valence-corrected chi connectivity index (χ1v) is 22.6. The smallest absolute Gasteiger partial charge is 0.110 e. The third kappa shape index (κ3) is 1.16. The molecule has 61 heavy (non-hydrogen) atoms. The molecule has 1 heteroatoms. The molecule has 0 bridgehead atoms. The van der Waals surface area contributed by atoms with Crippen molar-refractivity contribution in [3.05, 3.63) is 16.7 Å². The summed E-state index contributed by atoms with van der Waals surface area (Å²) >= 11 is 0. The summed E-state index contributed by atoms with van der Waals surface area (Å²) in [6.07, 6.45) is 0. The van der Waals surface area contributed by atoms with E-state index in [9.17, 15) is 0 Å². The summed E-state index contributed by atoms with van der Waals surface area (Å²) in [7, 11) is 0. The molecule has 3 aliphatic rings. The number of hydrogen-bond donors (Lipinski definition) is 0. The van der Waals surface area contributed by atoms with Gasteiger partial charge in [0, 0.05) is 5.92 Å². The fourth-order valence-corrected chi connectivity index (χ4v) is 22.8. The van der Waals surface area contributed by atoms with Crippen LogP contribution in [0.15, 0.2) is 0 Å². The van der Waals surface area contributed by atoms with Gasteiger partial charge in [-0.3, -0.25) is 0 Å². The molecule has 0 amide bonds. The van der Waals surface area contributed by atoms with Crippen LogP contribution in [0.4, 0.5) is 0 Å². The first-order chi connectivity index (χ1) is 30.0. The van der Waals surface area contributed by atoms with E-state index < -0.39 is 0 Å². The van der Waals surface area contributed by atoms with Crippen molar-refractivity contribution in [1.29, 1.82) is 0 Å². The van der Waals surface area contributed by atoms with Crippen LogP contribution in [0.25, 0.3) is 302 Å². The monoisotopic (exact) mass is 760 g/mol. The van der Waals surface area contributed by atoms with E-state index in [0.29, 0.717) is 5.92 Å². The number of benzene rings is 18. The van der Waals surface area contributed by atoms with Crippen LogP contribution in [0.5, 0.6) is 0 Å². The second kappa shape index (κ2) is 5.00. The molecular weight excluding hydrogens is 760 g/mol. The summed E-state index contributed by atoms with van der Waals surface area (Å²) < 4.78 is 0. The SMILES string of the molecule is [K+].c12c3c4c5c6c7c8c4c4c9c3c3c%10c1c1c%11c%10c%10c%12c3c9c3c9c4c8c4c8c7c7c%13c%14c8c8c4c9c4c3c%12c3c%10c9c%10c%12c3c4c8c%12c%14c3c%10c(c9%11)c4c(c3%13)c(c67)[c-](c14)C25. The maximum Gasteiger partial charge on any atom is 1.00 e. The van der Waals surface area contributed by atoms with Gasteiger partial charge in [-0.05, 0) is 280 Å². The minimum atomic E-state index is 0. The molecule has 29 aromatic carbocycles. The standard InChI is InChI=1S/C60H.K/c1-2-5-6-3(1)8-12-10-4(1)9-11-7(2)17-21-13(5)23-24-14(6)22-18(8)28-20(12)30-26-16(10)15(9)25-29-19(11)27(17)37-41-31(21)33(23)43-44-34(24)32(22)42-38(28)48-40(30)46-36(26)35(25)45-39(29)47(37)55-49(41)51(43)57-52(44)50(42)56(48)59-54(46)53(45)58(55)60(57)59;/h1H;/q-1;+1. The maximum absolute atomic E-state index is 1.75. The van der Waals surface area contributed by atoms with Crippen LogP contribution in [0, 0.1) is 0 Å². The van der Waals surface area contributed by atoms with E-state index in [1.54, 1.807) is 318 Å². The molecule has 0 spiro atoms. The predicted molar refractivity (Wildman–Crippen MR) is 258 cm³/mol. The topological polar surface area (TPSA) is 0 Å². The second-order valence-electron chi connectivity index (χ2n) is 22.7.